The Morgan fingerprint density at radius 1 is 1.17 bits per heavy atom. The summed E-state index contributed by atoms with van der Waals surface area (Å²) in [6.45, 7) is 6.54. The quantitative estimate of drug-likeness (QED) is 0.715. The summed E-state index contributed by atoms with van der Waals surface area (Å²) >= 11 is 0. The highest BCUT2D eigenvalue weighted by atomic mass is 16.5. The van der Waals surface area contributed by atoms with E-state index in [0.29, 0.717) is 13.1 Å². The van der Waals surface area contributed by atoms with E-state index in [4.69, 9.17) is 9.84 Å². The van der Waals surface area contributed by atoms with Gasteiger partial charge in [-0.25, -0.2) is 0 Å². The Bertz CT molecular complexity index is 368. The van der Waals surface area contributed by atoms with Gasteiger partial charge in [0, 0.05) is 13.1 Å². The minimum atomic E-state index is -0.574. The van der Waals surface area contributed by atoms with Gasteiger partial charge < -0.3 is 20.3 Å². The molecule has 1 aromatic carbocycles. The number of rotatable bonds is 6. The highest BCUT2D eigenvalue weighted by molar-refractivity contribution is 5.42. The van der Waals surface area contributed by atoms with E-state index in [2.05, 4.69) is 5.32 Å². The van der Waals surface area contributed by atoms with Crippen molar-refractivity contribution in [2.24, 2.45) is 0 Å². The number of ether oxygens (including phenoxy) is 1. The predicted molar refractivity (Wildman–Crippen MR) is 72.0 cm³/mol. The third-order valence-corrected chi connectivity index (χ3v) is 2.91. The summed E-state index contributed by atoms with van der Waals surface area (Å²) in [5.41, 5.74) is 2.95. The van der Waals surface area contributed by atoms with Gasteiger partial charge >= 0.3 is 0 Å². The fourth-order valence-electron chi connectivity index (χ4n) is 2.11. The maximum Gasteiger partial charge on any atom is 0.119 e. The number of aryl methyl sites for hydroxylation is 2. The number of nitrogens with one attached hydrogen (secondary N) is 1. The van der Waals surface area contributed by atoms with Gasteiger partial charge in [0.05, 0.1) is 19.3 Å². The second-order valence-electron chi connectivity index (χ2n) is 4.70. The van der Waals surface area contributed by atoms with Crippen LogP contribution in [0.1, 0.15) is 29.7 Å². The van der Waals surface area contributed by atoms with E-state index in [1.165, 1.54) is 0 Å². The molecular weight excluding hydrogens is 230 g/mol. The molecule has 0 radical (unpaired) electrons. The molecule has 0 aliphatic heterocycles. The first-order valence-electron chi connectivity index (χ1n) is 6.17. The van der Waals surface area contributed by atoms with E-state index in [1.54, 1.807) is 14.0 Å². The average Bonchev–Trinajstić information content (AvgIpc) is 2.27. The molecule has 0 bridgehead atoms. The molecule has 0 aliphatic rings. The van der Waals surface area contributed by atoms with Crippen LogP contribution >= 0.6 is 0 Å². The monoisotopic (exact) mass is 253 g/mol. The SMILES string of the molecule is COc1cc(C)c(C(O)CNCC(C)O)c(C)c1. The Kier molecular flexibility index (Phi) is 5.59. The first-order valence-corrected chi connectivity index (χ1v) is 6.17. The van der Waals surface area contributed by atoms with Crippen LogP contribution in [0.2, 0.25) is 0 Å². The Hall–Kier alpha value is -1.10. The molecule has 4 nitrogen and oxygen atoms in total. The molecule has 1 rings (SSSR count). The lowest BCUT2D eigenvalue weighted by molar-refractivity contribution is 0.154. The summed E-state index contributed by atoms with van der Waals surface area (Å²) in [6, 6.07) is 3.83. The maximum absolute atomic E-state index is 10.2. The van der Waals surface area contributed by atoms with Crippen molar-refractivity contribution in [3.63, 3.8) is 0 Å². The summed E-state index contributed by atoms with van der Waals surface area (Å²) in [6.07, 6.45) is -0.982. The van der Waals surface area contributed by atoms with E-state index in [-0.39, 0.29) is 0 Å². The van der Waals surface area contributed by atoms with Gasteiger partial charge in [0.25, 0.3) is 0 Å². The Balaban J connectivity index is 2.76. The number of methoxy groups -OCH3 is 1. The zero-order valence-corrected chi connectivity index (χ0v) is 11.5. The van der Waals surface area contributed by atoms with Gasteiger partial charge in [0.2, 0.25) is 0 Å². The van der Waals surface area contributed by atoms with E-state index in [1.807, 2.05) is 26.0 Å². The number of aliphatic hydroxyl groups is 2. The standard InChI is InChI=1S/C14H23NO3/c1-9-5-12(18-4)6-10(2)14(9)13(17)8-15-7-11(3)16/h5-6,11,13,15-17H,7-8H2,1-4H3. The molecule has 102 valence electrons. The van der Waals surface area contributed by atoms with Crippen LogP contribution in [0.15, 0.2) is 12.1 Å². The highest BCUT2D eigenvalue weighted by Gasteiger charge is 2.14. The Labute approximate surface area is 109 Å². The molecule has 18 heavy (non-hydrogen) atoms. The maximum atomic E-state index is 10.2. The first kappa shape index (κ1) is 15.0. The second kappa shape index (κ2) is 6.73. The molecule has 0 amide bonds. The van der Waals surface area contributed by atoms with Crippen molar-refractivity contribution in [2.45, 2.75) is 33.0 Å². The van der Waals surface area contributed by atoms with E-state index in [0.717, 1.165) is 22.4 Å². The van der Waals surface area contributed by atoms with Crippen LogP contribution in [0.3, 0.4) is 0 Å². The van der Waals surface area contributed by atoms with Gasteiger partial charge in [-0.15, -0.1) is 0 Å². The molecule has 0 saturated carbocycles. The molecule has 4 heteroatoms. The normalized spacial score (nSPS) is 14.3. The molecule has 0 aromatic heterocycles. The third-order valence-electron chi connectivity index (χ3n) is 2.91. The topological polar surface area (TPSA) is 61.7 Å². The van der Waals surface area contributed by atoms with E-state index < -0.39 is 12.2 Å². The first-order chi connectivity index (χ1) is 8.45. The summed E-state index contributed by atoms with van der Waals surface area (Å²) in [4.78, 5) is 0. The van der Waals surface area contributed by atoms with Gasteiger partial charge in [-0.05, 0) is 49.6 Å². The zero-order chi connectivity index (χ0) is 13.7. The predicted octanol–water partition coefficient (Wildman–Crippen LogP) is 1.32. The second-order valence-corrected chi connectivity index (χ2v) is 4.70. The van der Waals surface area contributed by atoms with E-state index >= 15 is 0 Å². The molecular formula is C14H23NO3. The van der Waals surface area contributed by atoms with Crippen LogP contribution in [0.25, 0.3) is 0 Å². The zero-order valence-electron chi connectivity index (χ0n) is 11.5. The molecule has 0 heterocycles. The Morgan fingerprint density at radius 3 is 2.17 bits per heavy atom. The fraction of sp³-hybridized carbons (Fsp3) is 0.571. The molecule has 3 N–H and O–H groups in total. The molecule has 1 aromatic rings. The molecule has 0 spiro atoms. The van der Waals surface area contributed by atoms with Crippen LogP contribution < -0.4 is 10.1 Å². The Morgan fingerprint density at radius 2 is 1.72 bits per heavy atom. The van der Waals surface area contributed by atoms with Crippen molar-refractivity contribution in [3.05, 3.63) is 28.8 Å². The number of benzene rings is 1. The lowest BCUT2D eigenvalue weighted by Gasteiger charge is -2.18. The molecule has 2 unspecified atom stereocenters. The molecule has 0 fully saturated rings. The van der Waals surface area contributed by atoms with Crippen molar-refractivity contribution in [3.8, 4) is 5.75 Å². The van der Waals surface area contributed by atoms with Gasteiger partial charge in [-0.2, -0.15) is 0 Å². The largest absolute Gasteiger partial charge is 0.497 e. The minimum absolute atomic E-state index is 0.407. The summed E-state index contributed by atoms with van der Waals surface area (Å²) in [7, 11) is 1.63. The van der Waals surface area contributed by atoms with Gasteiger partial charge in [0.15, 0.2) is 0 Å². The summed E-state index contributed by atoms with van der Waals surface area (Å²) < 4.78 is 5.19. The van der Waals surface area contributed by atoms with Gasteiger partial charge in [-0.3, -0.25) is 0 Å². The van der Waals surface area contributed by atoms with Crippen molar-refractivity contribution in [1.82, 2.24) is 5.32 Å². The van der Waals surface area contributed by atoms with Crippen molar-refractivity contribution in [2.75, 3.05) is 20.2 Å². The number of hydrogen-bond donors (Lipinski definition) is 3. The fourth-order valence-corrected chi connectivity index (χ4v) is 2.11. The summed E-state index contributed by atoms with van der Waals surface area (Å²) in [5.74, 6) is 0.804. The number of hydrogen-bond acceptors (Lipinski definition) is 4. The van der Waals surface area contributed by atoms with Crippen LogP contribution in [0.4, 0.5) is 0 Å². The number of aliphatic hydroxyl groups excluding tert-OH is 2. The molecule has 0 saturated heterocycles. The van der Waals surface area contributed by atoms with Gasteiger partial charge in [-0.1, -0.05) is 0 Å². The van der Waals surface area contributed by atoms with E-state index in [9.17, 15) is 5.11 Å². The third kappa shape index (κ3) is 3.98. The average molecular weight is 253 g/mol. The van der Waals surface area contributed by atoms with Crippen molar-refractivity contribution in [1.29, 1.82) is 0 Å². The van der Waals surface area contributed by atoms with Crippen molar-refractivity contribution >= 4 is 0 Å². The smallest absolute Gasteiger partial charge is 0.119 e. The molecule has 2 atom stereocenters. The van der Waals surface area contributed by atoms with Crippen LogP contribution in [-0.4, -0.2) is 36.5 Å². The molecule has 0 aliphatic carbocycles. The van der Waals surface area contributed by atoms with Crippen LogP contribution in [0.5, 0.6) is 5.75 Å². The summed E-state index contributed by atoms with van der Waals surface area (Å²) in [5, 5.41) is 22.4. The van der Waals surface area contributed by atoms with Crippen LogP contribution in [0, 0.1) is 13.8 Å². The minimum Gasteiger partial charge on any atom is -0.497 e. The highest BCUT2D eigenvalue weighted by Crippen LogP contribution is 2.26. The van der Waals surface area contributed by atoms with Crippen molar-refractivity contribution < 1.29 is 14.9 Å². The van der Waals surface area contributed by atoms with Crippen LogP contribution in [-0.2, 0) is 0 Å². The lowest BCUT2D eigenvalue weighted by atomic mass is 9.97. The van der Waals surface area contributed by atoms with Gasteiger partial charge in [0.1, 0.15) is 5.75 Å². The lowest BCUT2D eigenvalue weighted by Crippen LogP contribution is -2.29.